The SMILES string of the molecule is CCCCCCCCc1ccc(C=CC2(NC(C)(C)C)COC(C)(C)OC2)cc1. The van der Waals surface area contributed by atoms with Crippen LogP contribution in [0, 0.1) is 0 Å². The Kier molecular flexibility index (Phi) is 8.93. The Morgan fingerprint density at radius 2 is 1.52 bits per heavy atom. The van der Waals surface area contributed by atoms with E-state index in [4.69, 9.17) is 9.47 Å². The number of ether oxygens (including phenoxy) is 2. The normalized spacial score (nSPS) is 19.0. The maximum atomic E-state index is 5.98. The van der Waals surface area contributed by atoms with E-state index in [-0.39, 0.29) is 11.1 Å². The molecule has 0 aromatic heterocycles. The molecule has 0 bridgehead atoms. The Bertz CT molecular complexity index is 615. The molecule has 3 heteroatoms. The van der Waals surface area contributed by atoms with E-state index in [2.05, 4.69) is 69.4 Å². The number of benzene rings is 1. The summed E-state index contributed by atoms with van der Waals surface area (Å²) in [6.07, 6.45) is 13.7. The first-order valence-corrected chi connectivity index (χ1v) is 11.5. The van der Waals surface area contributed by atoms with Crippen LogP contribution in [0.15, 0.2) is 30.3 Å². The summed E-state index contributed by atoms with van der Waals surface area (Å²) >= 11 is 0. The minimum Gasteiger partial charge on any atom is -0.348 e. The molecule has 0 atom stereocenters. The number of rotatable bonds is 10. The van der Waals surface area contributed by atoms with Gasteiger partial charge in [0.25, 0.3) is 0 Å². The van der Waals surface area contributed by atoms with Crippen molar-refractivity contribution in [2.45, 2.75) is 103 Å². The van der Waals surface area contributed by atoms with Crippen LogP contribution in [0.1, 0.15) is 91.2 Å². The molecular formula is C26H43NO2. The molecule has 1 fully saturated rings. The van der Waals surface area contributed by atoms with Crippen LogP contribution in [0.3, 0.4) is 0 Å². The molecule has 1 saturated heterocycles. The van der Waals surface area contributed by atoms with Crippen molar-refractivity contribution in [3.63, 3.8) is 0 Å². The van der Waals surface area contributed by atoms with E-state index in [1.165, 1.54) is 56.1 Å². The minimum atomic E-state index is -0.519. The number of unbranched alkanes of at least 4 members (excludes halogenated alkanes) is 5. The van der Waals surface area contributed by atoms with Crippen molar-refractivity contribution in [3.8, 4) is 0 Å². The van der Waals surface area contributed by atoms with Gasteiger partial charge in [0.1, 0.15) is 0 Å². The highest BCUT2D eigenvalue weighted by Gasteiger charge is 2.40. The second-order valence-corrected chi connectivity index (χ2v) is 10.1. The second kappa shape index (κ2) is 10.7. The number of hydrogen-bond acceptors (Lipinski definition) is 3. The summed E-state index contributed by atoms with van der Waals surface area (Å²) in [5, 5.41) is 3.70. The molecule has 1 aliphatic rings. The van der Waals surface area contributed by atoms with Crippen molar-refractivity contribution in [1.82, 2.24) is 5.32 Å². The predicted octanol–water partition coefficient (Wildman–Crippen LogP) is 6.51. The number of nitrogens with one attached hydrogen (secondary N) is 1. The van der Waals surface area contributed by atoms with Crippen LogP contribution in [0.2, 0.25) is 0 Å². The molecule has 1 heterocycles. The topological polar surface area (TPSA) is 30.5 Å². The van der Waals surface area contributed by atoms with Crippen LogP contribution in [0.25, 0.3) is 6.08 Å². The highest BCUT2D eigenvalue weighted by atomic mass is 16.7. The van der Waals surface area contributed by atoms with Crippen LogP contribution < -0.4 is 5.32 Å². The smallest absolute Gasteiger partial charge is 0.162 e. The van der Waals surface area contributed by atoms with E-state index in [1.807, 2.05) is 13.8 Å². The van der Waals surface area contributed by atoms with Crippen molar-refractivity contribution in [3.05, 3.63) is 41.5 Å². The first-order valence-electron chi connectivity index (χ1n) is 11.5. The number of hydrogen-bond donors (Lipinski definition) is 1. The zero-order valence-corrected chi connectivity index (χ0v) is 19.6. The summed E-state index contributed by atoms with van der Waals surface area (Å²) in [5.74, 6) is -0.519. The summed E-state index contributed by atoms with van der Waals surface area (Å²) in [6.45, 7) is 14.0. The first-order chi connectivity index (χ1) is 13.6. The molecule has 0 saturated carbocycles. The summed E-state index contributed by atoms with van der Waals surface area (Å²) < 4.78 is 12.0. The molecular weight excluding hydrogens is 358 g/mol. The van der Waals surface area contributed by atoms with Crippen LogP contribution in [0.5, 0.6) is 0 Å². The molecule has 29 heavy (non-hydrogen) atoms. The monoisotopic (exact) mass is 401 g/mol. The predicted molar refractivity (Wildman–Crippen MR) is 124 cm³/mol. The molecule has 164 valence electrons. The third-order valence-corrected chi connectivity index (χ3v) is 5.37. The van der Waals surface area contributed by atoms with Gasteiger partial charge < -0.3 is 9.47 Å². The van der Waals surface area contributed by atoms with Crippen molar-refractivity contribution in [2.75, 3.05) is 13.2 Å². The van der Waals surface area contributed by atoms with Gasteiger partial charge in [-0.15, -0.1) is 0 Å². The first kappa shape index (κ1) is 24.1. The lowest BCUT2D eigenvalue weighted by atomic mass is 9.93. The van der Waals surface area contributed by atoms with Gasteiger partial charge in [-0.05, 0) is 58.6 Å². The van der Waals surface area contributed by atoms with Gasteiger partial charge in [-0.25, -0.2) is 0 Å². The summed E-state index contributed by atoms with van der Waals surface area (Å²) in [5.41, 5.74) is 2.31. The van der Waals surface area contributed by atoms with E-state index in [9.17, 15) is 0 Å². The molecule has 2 rings (SSSR count). The Hall–Kier alpha value is -1.16. The molecule has 1 N–H and O–H groups in total. The summed E-state index contributed by atoms with van der Waals surface area (Å²) in [4.78, 5) is 0. The lowest BCUT2D eigenvalue weighted by Gasteiger charge is -2.45. The Balaban J connectivity index is 1.93. The summed E-state index contributed by atoms with van der Waals surface area (Å²) in [6, 6.07) is 8.99. The lowest BCUT2D eigenvalue weighted by Crippen LogP contribution is -2.62. The Labute approximate surface area is 179 Å². The Morgan fingerprint density at radius 1 is 0.931 bits per heavy atom. The molecule has 0 spiro atoms. The van der Waals surface area contributed by atoms with Gasteiger partial charge in [0.2, 0.25) is 0 Å². The van der Waals surface area contributed by atoms with Gasteiger partial charge in [-0.2, -0.15) is 0 Å². The van der Waals surface area contributed by atoms with E-state index >= 15 is 0 Å². The Morgan fingerprint density at radius 3 is 2.10 bits per heavy atom. The average Bonchev–Trinajstić information content (AvgIpc) is 2.65. The fraction of sp³-hybridized carbons (Fsp3) is 0.692. The van der Waals surface area contributed by atoms with Crippen molar-refractivity contribution in [2.24, 2.45) is 0 Å². The molecule has 1 aromatic carbocycles. The highest BCUT2D eigenvalue weighted by molar-refractivity contribution is 5.51. The van der Waals surface area contributed by atoms with Gasteiger partial charge >= 0.3 is 0 Å². The maximum absolute atomic E-state index is 5.98. The standard InChI is InChI=1S/C26H43NO2/c1-7-8-9-10-11-12-13-22-14-16-23(17-15-22)18-19-26(27-24(2,3)4)20-28-25(5,6)29-21-26/h14-19,27H,7-13,20-21H2,1-6H3. The van der Waals surface area contributed by atoms with Crippen molar-refractivity contribution >= 4 is 6.08 Å². The fourth-order valence-corrected chi connectivity index (χ4v) is 3.81. The fourth-order valence-electron chi connectivity index (χ4n) is 3.81. The maximum Gasteiger partial charge on any atom is 0.162 e. The third-order valence-electron chi connectivity index (χ3n) is 5.37. The quantitative estimate of drug-likeness (QED) is 0.453. The van der Waals surface area contributed by atoms with Gasteiger partial charge in [0.05, 0.1) is 18.8 Å². The molecule has 0 radical (unpaired) electrons. The molecule has 0 aliphatic carbocycles. The minimum absolute atomic E-state index is 0.0282. The van der Waals surface area contributed by atoms with Gasteiger partial charge in [0.15, 0.2) is 5.79 Å². The second-order valence-electron chi connectivity index (χ2n) is 10.1. The molecule has 1 aliphatic heterocycles. The van der Waals surface area contributed by atoms with Crippen molar-refractivity contribution in [1.29, 1.82) is 0 Å². The number of aryl methyl sites for hydroxylation is 1. The average molecular weight is 402 g/mol. The van der Waals surface area contributed by atoms with Crippen LogP contribution in [0.4, 0.5) is 0 Å². The molecule has 1 aromatic rings. The highest BCUT2D eigenvalue weighted by Crippen LogP contribution is 2.27. The molecule has 3 nitrogen and oxygen atoms in total. The largest absolute Gasteiger partial charge is 0.348 e. The van der Waals surface area contributed by atoms with Gasteiger partial charge in [-0.3, -0.25) is 5.32 Å². The third kappa shape index (κ3) is 9.02. The summed E-state index contributed by atoms with van der Waals surface area (Å²) in [7, 11) is 0. The van der Waals surface area contributed by atoms with Gasteiger partial charge in [0, 0.05) is 5.54 Å². The zero-order chi connectivity index (χ0) is 21.4. The van der Waals surface area contributed by atoms with Crippen molar-refractivity contribution < 1.29 is 9.47 Å². The van der Waals surface area contributed by atoms with Gasteiger partial charge in [-0.1, -0.05) is 75.4 Å². The van der Waals surface area contributed by atoms with E-state index < -0.39 is 5.79 Å². The lowest BCUT2D eigenvalue weighted by molar-refractivity contribution is -0.266. The van der Waals surface area contributed by atoms with Crippen LogP contribution >= 0.6 is 0 Å². The van der Waals surface area contributed by atoms with E-state index in [0.29, 0.717) is 13.2 Å². The van der Waals surface area contributed by atoms with E-state index in [0.717, 1.165) is 0 Å². The zero-order valence-electron chi connectivity index (χ0n) is 19.6. The van der Waals surface area contributed by atoms with Crippen LogP contribution in [-0.2, 0) is 15.9 Å². The van der Waals surface area contributed by atoms with E-state index in [1.54, 1.807) is 0 Å². The molecule has 0 unspecified atom stereocenters. The van der Waals surface area contributed by atoms with Crippen LogP contribution in [-0.4, -0.2) is 30.1 Å². The molecule has 0 amide bonds.